The number of aromatic carboxylic acids is 2. The van der Waals surface area contributed by atoms with Gasteiger partial charge in [0, 0.05) is 35.9 Å². The first-order chi connectivity index (χ1) is 18.0. The van der Waals surface area contributed by atoms with E-state index in [-0.39, 0.29) is 50.4 Å². The van der Waals surface area contributed by atoms with E-state index in [1.165, 1.54) is 48.8 Å². The second kappa shape index (κ2) is 21.6. The zero-order chi connectivity index (χ0) is 28.5. The van der Waals surface area contributed by atoms with E-state index < -0.39 is 23.8 Å². The van der Waals surface area contributed by atoms with Crippen molar-refractivity contribution in [3.05, 3.63) is 120 Å². The van der Waals surface area contributed by atoms with Gasteiger partial charge < -0.3 is 52.4 Å². The van der Waals surface area contributed by atoms with E-state index in [1.807, 2.05) is 0 Å². The largest absolute Gasteiger partial charge is 2.00 e. The van der Waals surface area contributed by atoms with Crippen molar-refractivity contribution in [1.82, 2.24) is 9.97 Å². The number of carboxylic acid groups (broad SMARTS) is 2. The Balaban J connectivity index is -0.000000459. The van der Waals surface area contributed by atoms with Gasteiger partial charge in [0.2, 0.25) is 11.8 Å². The molecular weight excluding hydrogens is 587 g/mol. The SMILES string of the molecule is NC(=O)c1cccnc1.NC(=O)c1cccnc1.O=C([O-])c1cccc(O)c1.O=C([O-])c1cccc(O)c1.[Co+2].[OH3+].[OH3+]. The maximum Gasteiger partial charge on any atom is 2.00 e. The van der Waals surface area contributed by atoms with Gasteiger partial charge in [0.15, 0.2) is 0 Å². The third-order valence-corrected chi connectivity index (χ3v) is 4.06. The van der Waals surface area contributed by atoms with E-state index in [0.29, 0.717) is 11.1 Å². The summed E-state index contributed by atoms with van der Waals surface area (Å²) in [6.07, 6.45) is 6.05. The minimum Gasteiger partial charge on any atom is -0.545 e. The predicted octanol–water partition coefficient (Wildman–Crippen LogP) is -1.97. The quantitative estimate of drug-likeness (QED) is 0.183. The molecule has 0 unspecified atom stereocenters. The Hall–Kier alpha value is -5.35. The van der Waals surface area contributed by atoms with Gasteiger partial charge in [-0.25, -0.2) is 0 Å². The summed E-state index contributed by atoms with van der Waals surface area (Å²) in [6.45, 7) is 0. The van der Waals surface area contributed by atoms with Crippen molar-refractivity contribution in [2.45, 2.75) is 0 Å². The molecule has 4 rings (SSSR count). The Labute approximate surface area is 243 Å². The molecule has 0 saturated heterocycles. The van der Waals surface area contributed by atoms with Crippen LogP contribution in [0.15, 0.2) is 97.6 Å². The molecule has 0 aliphatic heterocycles. The first-order valence-corrected chi connectivity index (χ1v) is 10.4. The molecule has 0 aliphatic carbocycles. The maximum absolute atomic E-state index is 10.4. The van der Waals surface area contributed by atoms with Crippen LogP contribution in [-0.4, -0.2) is 43.9 Å². The fourth-order valence-corrected chi connectivity index (χ4v) is 2.28. The molecule has 0 spiro atoms. The molecule has 14 nitrogen and oxygen atoms in total. The van der Waals surface area contributed by atoms with Crippen LogP contribution in [0.25, 0.3) is 0 Å². The molecular formula is C26H28CoN4O10+2. The number of phenolic OH excluding ortho intramolecular Hbond substituents is 2. The van der Waals surface area contributed by atoms with Crippen LogP contribution >= 0.6 is 0 Å². The number of hydrogen-bond acceptors (Lipinski definition) is 10. The van der Waals surface area contributed by atoms with Gasteiger partial charge in [-0.2, -0.15) is 0 Å². The van der Waals surface area contributed by atoms with E-state index in [2.05, 4.69) is 9.97 Å². The smallest absolute Gasteiger partial charge is 0.545 e. The number of pyridine rings is 2. The van der Waals surface area contributed by atoms with E-state index in [1.54, 1.807) is 36.7 Å². The van der Waals surface area contributed by atoms with Gasteiger partial charge in [0.25, 0.3) is 0 Å². The summed E-state index contributed by atoms with van der Waals surface area (Å²) in [5, 5.41) is 37.8. The molecule has 219 valence electrons. The number of carboxylic acids is 2. The summed E-state index contributed by atoms with van der Waals surface area (Å²) in [7, 11) is 0. The molecule has 4 aromatic rings. The zero-order valence-electron chi connectivity index (χ0n) is 21.1. The van der Waals surface area contributed by atoms with Gasteiger partial charge in [0.1, 0.15) is 11.5 Å². The number of nitrogens with two attached hydrogens (primary N) is 2. The average molecular weight is 615 g/mol. The number of rotatable bonds is 4. The Morgan fingerprint density at radius 2 is 0.902 bits per heavy atom. The molecule has 2 aromatic carbocycles. The van der Waals surface area contributed by atoms with E-state index in [9.17, 15) is 29.4 Å². The van der Waals surface area contributed by atoms with Crippen LogP contribution in [0.5, 0.6) is 11.5 Å². The minimum absolute atomic E-state index is 0. The first kappa shape index (κ1) is 40.1. The topological polar surface area (TPSA) is 299 Å². The second-order valence-corrected chi connectivity index (χ2v) is 6.89. The van der Waals surface area contributed by atoms with Crippen molar-refractivity contribution in [1.29, 1.82) is 0 Å². The van der Waals surface area contributed by atoms with Crippen molar-refractivity contribution in [3.8, 4) is 11.5 Å². The van der Waals surface area contributed by atoms with Gasteiger partial charge in [-0.3, -0.25) is 19.6 Å². The number of nitrogens with zero attached hydrogens (tertiary/aromatic N) is 2. The van der Waals surface area contributed by atoms with Gasteiger partial charge in [-0.05, 0) is 48.5 Å². The maximum atomic E-state index is 10.4. The van der Waals surface area contributed by atoms with Gasteiger partial charge in [-0.15, -0.1) is 0 Å². The monoisotopic (exact) mass is 615 g/mol. The number of carbonyl (C=O) groups is 4. The zero-order valence-corrected chi connectivity index (χ0v) is 22.2. The molecule has 0 saturated carbocycles. The van der Waals surface area contributed by atoms with Crippen molar-refractivity contribution in [2.24, 2.45) is 11.5 Å². The number of hydrogen-bond donors (Lipinski definition) is 4. The van der Waals surface area contributed by atoms with E-state index in [4.69, 9.17) is 21.7 Å². The fourth-order valence-electron chi connectivity index (χ4n) is 2.28. The Morgan fingerprint density at radius 1 is 0.585 bits per heavy atom. The van der Waals surface area contributed by atoms with Crippen LogP contribution in [-0.2, 0) is 27.7 Å². The molecule has 0 fully saturated rings. The molecule has 1 radical (unpaired) electrons. The van der Waals surface area contributed by atoms with Crippen molar-refractivity contribution >= 4 is 23.8 Å². The van der Waals surface area contributed by atoms with Crippen molar-refractivity contribution < 1.29 is 67.3 Å². The van der Waals surface area contributed by atoms with Crippen molar-refractivity contribution in [2.75, 3.05) is 0 Å². The summed E-state index contributed by atoms with van der Waals surface area (Å²) < 4.78 is 0. The number of phenols is 2. The van der Waals surface area contributed by atoms with E-state index >= 15 is 0 Å². The second-order valence-electron chi connectivity index (χ2n) is 6.89. The molecule has 2 heterocycles. The Morgan fingerprint density at radius 3 is 1.07 bits per heavy atom. The third-order valence-electron chi connectivity index (χ3n) is 4.06. The Kier molecular flexibility index (Phi) is 21.1. The first-order valence-electron chi connectivity index (χ1n) is 10.4. The number of aromatic nitrogens is 2. The van der Waals surface area contributed by atoms with Crippen LogP contribution in [0, 0.1) is 0 Å². The number of primary amides is 2. The summed E-state index contributed by atoms with van der Waals surface area (Å²) in [5.41, 5.74) is 10.7. The van der Waals surface area contributed by atoms with Gasteiger partial charge >= 0.3 is 16.8 Å². The van der Waals surface area contributed by atoms with Crippen LogP contribution in [0.3, 0.4) is 0 Å². The molecule has 41 heavy (non-hydrogen) atoms. The number of benzene rings is 2. The van der Waals surface area contributed by atoms with Crippen LogP contribution in [0.2, 0.25) is 0 Å². The minimum atomic E-state index is -1.28. The number of aromatic hydroxyl groups is 2. The molecule has 2 aromatic heterocycles. The van der Waals surface area contributed by atoms with E-state index in [0.717, 1.165) is 12.1 Å². The van der Waals surface area contributed by atoms with Crippen LogP contribution < -0.4 is 21.7 Å². The molecule has 0 bridgehead atoms. The predicted molar refractivity (Wildman–Crippen MR) is 140 cm³/mol. The summed E-state index contributed by atoms with van der Waals surface area (Å²) in [6, 6.07) is 17.2. The van der Waals surface area contributed by atoms with Crippen LogP contribution in [0.4, 0.5) is 0 Å². The molecule has 0 aliphatic rings. The van der Waals surface area contributed by atoms with Crippen molar-refractivity contribution in [3.63, 3.8) is 0 Å². The Bertz CT molecular complexity index is 1260. The summed E-state index contributed by atoms with van der Waals surface area (Å²) >= 11 is 0. The number of amides is 2. The summed E-state index contributed by atoms with van der Waals surface area (Å²) in [4.78, 5) is 48.4. The van der Waals surface area contributed by atoms with Gasteiger partial charge in [-0.1, -0.05) is 24.3 Å². The standard InChI is InChI=1S/2C7H6O3.2C6H6N2O.Co.2H2O/c2*8-6-3-1-2-5(4-6)7(9)10;2*7-6(9)5-2-1-3-8-4-5;;;/h2*1-4,8H,(H,9,10);2*1-4H,(H2,7,9);;2*1H2/q;;;;+2;;. The normalized spacial score (nSPS) is 8.39. The molecule has 12 N–H and O–H groups in total. The summed E-state index contributed by atoms with van der Waals surface area (Å²) in [5.74, 6) is -3.58. The molecule has 2 amide bonds. The molecule has 15 heteroatoms. The van der Waals surface area contributed by atoms with Gasteiger partial charge in [0.05, 0.1) is 23.1 Å². The molecule has 0 atom stereocenters. The third kappa shape index (κ3) is 17.0. The fraction of sp³-hybridized carbons (Fsp3) is 0. The average Bonchev–Trinajstić information content (AvgIpc) is 2.91. The van der Waals surface area contributed by atoms with Crippen LogP contribution in [0.1, 0.15) is 41.4 Å². The number of carbonyl (C=O) groups excluding carboxylic acids is 4.